The van der Waals surface area contributed by atoms with Gasteiger partial charge >= 0.3 is 5.76 Å². The van der Waals surface area contributed by atoms with Crippen LogP contribution in [0.1, 0.15) is 12.5 Å². The number of benzene rings is 2. The highest BCUT2D eigenvalue weighted by Crippen LogP contribution is 2.36. The molecule has 8 nitrogen and oxygen atoms in total. The van der Waals surface area contributed by atoms with E-state index in [4.69, 9.17) is 4.74 Å². The largest absolute Gasteiger partial charge is 0.492 e. The van der Waals surface area contributed by atoms with Crippen molar-refractivity contribution in [3.63, 3.8) is 0 Å². The molecule has 0 unspecified atom stereocenters. The second-order valence-electron chi connectivity index (χ2n) is 7.42. The molecule has 3 aromatic heterocycles. The van der Waals surface area contributed by atoms with Gasteiger partial charge in [0, 0.05) is 12.7 Å². The van der Waals surface area contributed by atoms with Crippen molar-refractivity contribution < 1.29 is 13.7 Å². The number of nitrogens with one attached hydrogen (secondary N) is 2. The van der Waals surface area contributed by atoms with Gasteiger partial charge in [-0.05, 0) is 60.0 Å². The van der Waals surface area contributed by atoms with E-state index in [1.807, 2.05) is 30.5 Å². The van der Waals surface area contributed by atoms with E-state index < -0.39 is 5.76 Å². The zero-order valence-electron chi connectivity index (χ0n) is 18.2. The summed E-state index contributed by atoms with van der Waals surface area (Å²) in [6.07, 6.45) is 2.30. The highest BCUT2D eigenvalue weighted by molar-refractivity contribution is 7.17. The Morgan fingerprint density at radius 1 is 1.21 bits per heavy atom. The van der Waals surface area contributed by atoms with E-state index in [9.17, 15) is 9.18 Å². The fourth-order valence-corrected chi connectivity index (χ4v) is 4.49. The third-order valence-electron chi connectivity index (χ3n) is 5.18. The van der Waals surface area contributed by atoms with Crippen LogP contribution in [0.4, 0.5) is 10.2 Å². The molecule has 172 valence electrons. The van der Waals surface area contributed by atoms with Gasteiger partial charge in [-0.3, -0.25) is 9.51 Å². The van der Waals surface area contributed by atoms with Gasteiger partial charge in [-0.1, -0.05) is 17.3 Å². The van der Waals surface area contributed by atoms with Crippen LogP contribution in [0.3, 0.4) is 0 Å². The number of aromatic amines is 1. The molecule has 0 saturated carbocycles. The summed E-state index contributed by atoms with van der Waals surface area (Å²) in [4.78, 5) is 23.0. The van der Waals surface area contributed by atoms with Crippen LogP contribution < -0.4 is 15.8 Å². The number of hydrogen-bond acceptors (Lipinski definition) is 8. The second kappa shape index (κ2) is 9.44. The van der Waals surface area contributed by atoms with Crippen molar-refractivity contribution >= 4 is 27.2 Å². The third-order valence-corrected chi connectivity index (χ3v) is 6.12. The Bertz CT molecular complexity index is 1510. The third kappa shape index (κ3) is 4.40. The normalized spacial score (nSPS) is 11.1. The molecule has 3 heterocycles. The molecule has 0 fully saturated rings. The zero-order valence-corrected chi connectivity index (χ0v) is 19.0. The minimum atomic E-state index is -0.650. The molecular weight excluding hydrogens is 457 g/mol. The number of fused-ring (bicyclic) bond motifs is 1. The Hall–Kier alpha value is -4.05. The molecule has 0 aliphatic heterocycles. The number of anilines is 1. The van der Waals surface area contributed by atoms with Gasteiger partial charge in [-0.25, -0.2) is 19.2 Å². The fraction of sp³-hybridized carbons (Fsp3) is 0.167. The van der Waals surface area contributed by atoms with E-state index in [0.717, 1.165) is 10.9 Å². The Kier molecular flexibility index (Phi) is 6.05. The molecule has 0 atom stereocenters. The monoisotopic (exact) mass is 477 g/mol. The summed E-state index contributed by atoms with van der Waals surface area (Å²) in [6, 6.07) is 12.7. The van der Waals surface area contributed by atoms with Crippen molar-refractivity contribution in [3.8, 4) is 28.5 Å². The minimum Gasteiger partial charge on any atom is -0.492 e. The summed E-state index contributed by atoms with van der Waals surface area (Å²) in [5.74, 6) is 0.995. The first kappa shape index (κ1) is 21.8. The minimum absolute atomic E-state index is 0.191. The molecule has 0 aliphatic rings. The van der Waals surface area contributed by atoms with Gasteiger partial charge in [0.25, 0.3) is 0 Å². The Morgan fingerprint density at radius 3 is 2.91 bits per heavy atom. The predicted molar refractivity (Wildman–Crippen MR) is 129 cm³/mol. The van der Waals surface area contributed by atoms with Gasteiger partial charge in [-0.2, -0.15) is 0 Å². The van der Waals surface area contributed by atoms with Crippen LogP contribution in [0.2, 0.25) is 0 Å². The summed E-state index contributed by atoms with van der Waals surface area (Å²) in [5, 5.41) is 9.86. The van der Waals surface area contributed by atoms with Crippen LogP contribution in [-0.4, -0.2) is 33.3 Å². The number of thiophene rings is 1. The smallest absolute Gasteiger partial charge is 0.439 e. The lowest BCUT2D eigenvalue weighted by Gasteiger charge is -2.13. The molecule has 0 amide bonds. The highest BCUT2D eigenvalue weighted by Gasteiger charge is 2.18. The Morgan fingerprint density at radius 2 is 2.09 bits per heavy atom. The lowest BCUT2D eigenvalue weighted by molar-refractivity contribution is 0.342. The van der Waals surface area contributed by atoms with Crippen LogP contribution in [0.25, 0.3) is 32.9 Å². The summed E-state index contributed by atoms with van der Waals surface area (Å²) >= 11 is 1.40. The maximum absolute atomic E-state index is 14.3. The zero-order chi connectivity index (χ0) is 23.5. The maximum atomic E-state index is 14.3. The van der Waals surface area contributed by atoms with Crippen LogP contribution in [0.15, 0.2) is 63.4 Å². The topological polar surface area (TPSA) is 106 Å². The van der Waals surface area contributed by atoms with E-state index in [1.165, 1.54) is 11.3 Å². The predicted octanol–water partition coefficient (Wildman–Crippen LogP) is 4.89. The molecule has 2 aromatic carbocycles. The lowest BCUT2D eigenvalue weighted by atomic mass is 10.1. The standard InChI is InChI=1S/C24H20FN5O3S/c1-2-32-20-16(4-3-5-17(20)23-29-24(31)33-30-23)22-27-10-7-19(28-22)26-9-6-14-12-15-8-11-34-21(15)18(25)13-14/h3-5,7-8,10-13H,2,6,9H2,1H3,(H,26,27,28)(H,29,30,31). The molecule has 5 rings (SSSR count). The number of hydrogen-bond donors (Lipinski definition) is 2. The van der Waals surface area contributed by atoms with Crippen molar-refractivity contribution in [1.82, 2.24) is 20.1 Å². The molecule has 5 aromatic rings. The van der Waals surface area contributed by atoms with Gasteiger partial charge in [-0.15, -0.1) is 11.3 Å². The molecule has 0 bridgehead atoms. The number of halogens is 1. The summed E-state index contributed by atoms with van der Waals surface area (Å²) < 4.78 is 25.4. The van der Waals surface area contributed by atoms with Crippen LogP contribution in [0, 0.1) is 5.82 Å². The van der Waals surface area contributed by atoms with Crippen molar-refractivity contribution in [2.45, 2.75) is 13.3 Å². The molecule has 0 saturated heterocycles. The van der Waals surface area contributed by atoms with Crippen LogP contribution in [-0.2, 0) is 6.42 Å². The average Bonchev–Trinajstić information content (AvgIpc) is 3.49. The SMILES string of the molecule is CCOc1c(-c2nccc(NCCc3cc(F)c4sccc4c3)n2)cccc1-c1noc(=O)[nH]1. The molecular formula is C24H20FN5O3S. The molecule has 0 aliphatic carbocycles. The van der Waals surface area contributed by atoms with Crippen molar-refractivity contribution in [2.75, 3.05) is 18.5 Å². The number of para-hydroxylation sites is 1. The average molecular weight is 478 g/mol. The van der Waals surface area contributed by atoms with E-state index in [1.54, 1.807) is 30.5 Å². The number of ether oxygens (including phenoxy) is 1. The van der Waals surface area contributed by atoms with E-state index in [2.05, 4.69) is 29.9 Å². The van der Waals surface area contributed by atoms with Crippen molar-refractivity contribution in [2.24, 2.45) is 0 Å². The number of nitrogens with zero attached hydrogens (tertiary/aromatic N) is 3. The Balaban J connectivity index is 1.37. The lowest BCUT2D eigenvalue weighted by Crippen LogP contribution is -2.07. The number of H-pyrrole nitrogens is 1. The van der Waals surface area contributed by atoms with E-state index in [0.29, 0.717) is 52.8 Å². The maximum Gasteiger partial charge on any atom is 0.439 e. The first-order chi connectivity index (χ1) is 16.6. The van der Waals surface area contributed by atoms with E-state index in [-0.39, 0.29) is 11.6 Å². The molecule has 0 spiro atoms. The number of rotatable bonds is 8. The van der Waals surface area contributed by atoms with Crippen LogP contribution >= 0.6 is 11.3 Å². The Labute approximate surface area is 197 Å². The second-order valence-corrected chi connectivity index (χ2v) is 8.33. The van der Waals surface area contributed by atoms with Gasteiger partial charge < -0.3 is 10.1 Å². The quantitative estimate of drug-likeness (QED) is 0.328. The first-order valence-electron chi connectivity index (χ1n) is 10.7. The number of aromatic nitrogens is 4. The van der Waals surface area contributed by atoms with Crippen LogP contribution in [0.5, 0.6) is 5.75 Å². The van der Waals surface area contributed by atoms with Gasteiger partial charge in [0.1, 0.15) is 17.4 Å². The first-order valence-corrected chi connectivity index (χ1v) is 11.6. The highest BCUT2D eigenvalue weighted by atomic mass is 32.1. The fourth-order valence-electron chi connectivity index (χ4n) is 3.71. The summed E-state index contributed by atoms with van der Waals surface area (Å²) in [5.41, 5.74) is 2.13. The van der Waals surface area contributed by atoms with Crippen molar-refractivity contribution in [3.05, 3.63) is 76.0 Å². The summed E-state index contributed by atoms with van der Waals surface area (Å²) in [6.45, 7) is 2.83. The molecule has 10 heteroatoms. The summed E-state index contributed by atoms with van der Waals surface area (Å²) in [7, 11) is 0. The van der Waals surface area contributed by atoms with Gasteiger partial charge in [0.15, 0.2) is 11.6 Å². The molecule has 34 heavy (non-hydrogen) atoms. The van der Waals surface area contributed by atoms with Crippen molar-refractivity contribution in [1.29, 1.82) is 0 Å². The van der Waals surface area contributed by atoms with Gasteiger partial charge in [0.05, 0.1) is 22.4 Å². The van der Waals surface area contributed by atoms with Gasteiger partial charge in [0.2, 0.25) is 0 Å². The molecule has 2 N–H and O–H groups in total. The van der Waals surface area contributed by atoms with E-state index >= 15 is 0 Å². The molecule has 0 radical (unpaired) electrons.